The Bertz CT molecular complexity index is 580. The molecule has 0 aromatic heterocycles. The van der Waals surface area contributed by atoms with Crippen molar-refractivity contribution in [3.05, 3.63) is 59.1 Å². The maximum Gasteiger partial charge on any atom is 0.165 e. The van der Waals surface area contributed by atoms with Gasteiger partial charge < -0.3 is 0 Å². The minimum atomic E-state index is 0.265. The van der Waals surface area contributed by atoms with E-state index in [4.69, 9.17) is 11.6 Å². The molecular formula is C17H15ClO. The quantitative estimate of drug-likeness (QED) is 0.718. The number of rotatable bonds is 3. The zero-order valence-electron chi connectivity index (χ0n) is 10.6. The van der Waals surface area contributed by atoms with Crippen LogP contribution in [0.5, 0.6) is 0 Å². The fourth-order valence-electron chi connectivity index (χ4n) is 2.38. The summed E-state index contributed by atoms with van der Waals surface area (Å²) in [5.74, 6) is 0.565. The van der Waals surface area contributed by atoms with Crippen molar-refractivity contribution in [2.24, 2.45) is 5.92 Å². The van der Waals surface area contributed by atoms with E-state index in [1.165, 1.54) is 6.42 Å². The van der Waals surface area contributed by atoms with Crippen molar-refractivity contribution in [1.29, 1.82) is 0 Å². The average Bonchev–Trinajstić information content (AvgIpc) is 2.38. The molecule has 0 unspecified atom stereocenters. The summed E-state index contributed by atoms with van der Waals surface area (Å²) < 4.78 is 0. The summed E-state index contributed by atoms with van der Waals surface area (Å²) in [7, 11) is 0. The van der Waals surface area contributed by atoms with Gasteiger partial charge in [-0.3, -0.25) is 4.79 Å². The van der Waals surface area contributed by atoms with Gasteiger partial charge in [0.15, 0.2) is 5.78 Å². The predicted octanol–water partition coefficient (Wildman–Crippen LogP) is 4.99. The van der Waals surface area contributed by atoms with Crippen LogP contribution in [0.15, 0.2) is 48.5 Å². The Balaban J connectivity index is 1.82. The average molecular weight is 271 g/mol. The molecule has 0 amide bonds. The maximum absolute atomic E-state index is 12.1. The Hall–Kier alpha value is -1.60. The second-order valence-electron chi connectivity index (χ2n) is 5.08. The summed E-state index contributed by atoms with van der Waals surface area (Å²) in [4.78, 5) is 12.1. The second kappa shape index (κ2) is 5.18. The number of ketones is 1. The van der Waals surface area contributed by atoms with Gasteiger partial charge in [0, 0.05) is 16.5 Å². The molecule has 1 saturated carbocycles. The van der Waals surface area contributed by atoms with Crippen molar-refractivity contribution < 1.29 is 4.79 Å². The van der Waals surface area contributed by atoms with Crippen LogP contribution in [0.2, 0.25) is 5.02 Å². The van der Waals surface area contributed by atoms with E-state index in [9.17, 15) is 4.79 Å². The number of hydrogen-bond donors (Lipinski definition) is 0. The van der Waals surface area contributed by atoms with Crippen molar-refractivity contribution >= 4 is 17.4 Å². The lowest BCUT2D eigenvalue weighted by molar-refractivity contribution is 0.0855. The molecule has 2 heteroatoms. The van der Waals surface area contributed by atoms with Gasteiger partial charge in [-0.15, -0.1) is 0 Å². The predicted molar refractivity (Wildman–Crippen MR) is 78.6 cm³/mol. The fraction of sp³-hybridized carbons (Fsp3) is 0.235. The molecule has 0 radical (unpaired) electrons. The number of halogens is 1. The van der Waals surface area contributed by atoms with Crippen molar-refractivity contribution in [3.8, 4) is 11.1 Å². The number of carbonyl (C=O) groups is 1. The van der Waals surface area contributed by atoms with E-state index in [1.807, 2.05) is 48.5 Å². The summed E-state index contributed by atoms with van der Waals surface area (Å²) >= 11 is 5.88. The molecule has 1 fully saturated rings. The first kappa shape index (κ1) is 12.4. The molecule has 1 aliphatic carbocycles. The molecular weight excluding hydrogens is 256 g/mol. The van der Waals surface area contributed by atoms with E-state index in [0.29, 0.717) is 5.78 Å². The summed E-state index contributed by atoms with van der Waals surface area (Å²) in [6.45, 7) is 0. The molecule has 0 heterocycles. The number of Topliss-reactive ketones (excluding diaryl/α,β-unsaturated/α-hetero) is 1. The Morgan fingerprint density at radius 2 is 1.42 bits per heavy atom. The molecule has 0 spiro atoms. The van der Waals surface area contributed by atoms with Gasteiger partial charge in [0.1, 0.15) is 0 Å². The first-order valence-electron chi connectivity index (χ1n) is 6.64. The van der Waals surface area contributed by atoms with Gasteiger partial charge in [0.2, 0.25) is 0 Å². The van der Waals surface area contributed by atoms with Gasteiger partial charge in [-0.1, -0.05) is 54.4 Å². The third-order valence-corrected chi connectivity index (χ3v) is 4.07. The van der Waals surface area contributed by atoms with Crippen molar-refractivity contribution in [2.45, 2.75) is 19.3 Å². The molecule has 2 aromatic carbocycles. The van der Waals surface area contributed by atoms with Crippen LogP contribution in [0.1, 0.15) is 29.6 Å². The molecule has 0 saturated heterocycles. The van der Waals surface area contributed by atoms with E-state index >= 15 is 0 Å². The normalized spacial score (nSPS) is 15.0. The van der Waals surface area contributed by atoms with Gasteiger partial charge in [-0.25, -0.2) is 0 Å². The highest BCUT2D eigenvalue weighted by Crippen LogP contribution is 2.30. The first-order chi connectivity index (χ1) is 9.24. The van der Waals surface area contributed by atoms with E-state index in [2.05, 4.69) is 0 Å². The molecule has 0 N–H and O–H groups in total. The number of hydrogen-bond acceptors (Lipinski definition) is 1. The Labute approximate surface area is 118 Å². The standard InChI is InChI=1S/C17H15ClO/c18-16-10-8-13(9-11-16)12-4-6-15(7-5-12)17(19)14-2-1-3-14/h4-11,14H,1-3H2. The highest BCUT2D eigenvalue weighted by molar-refractivity contribution is 6.30. The van der Waals surface area contributed by atoms with Gasteiger partial charge in [0.25, 0.3) is 0 Å². The molecule has 3 rings (SSSR count). The minimum absolute atomic E-state index is 0.265. The van der Waals surface area contributed by atoms with E-state index in [-0.39, 0.29) is 5.92 Å². The fourth-order valence-corrected chi connectivity index (χ4v) is 2.50. The molecule has 0 aliphatic heterocycles. The zero-order chi connectivity index (χ0) is 13.2. The van der Waals surface area contributed by atoms with E-state index in [0.717, 1.165) is 34.6 Å². The van der Waals surface area contributed by atoms with Crippen LogP contribution in [-0.4, -0.2) is 5.78 Å². The van der Waals surface area contributed by atoms with Crippen LogP contribution in [0.25, 0.3) is 11.1 Å². The monoisotopic (exact) mass is 270 g/mol. The third-order valence-electron chi connectivity index (χ3n) is 3.82. The summed E-state index contributed by atoms with van der Waals surface area (Å²) in [5.41, 5.74) is 3.07. The summed E-state index contributed by atoms with van der Waals surface area (Å²) in [5, 5.41) is 0.737. The van der Waals surface area contributed by atoms with E-state index in [1.54, 1.807) is 0 Å². The smallest absolute Gasteiger partial charge is 0.165 e. The highest BCUT2D eigenvalue weighted by atomic mass is 35.5. The lowest BCUT2D eigenvalue weighted by Crippen LogP contribution is -2.21. The van der Waals surface area contributed by atoms with Crippen molar-refractivity contribution in [2.75, 3.05) is 0 Å². The molecule has 1 nitrogen and oxygen atoms in total. The number of carbonyl (C=O) groups excluding carboxylic acids is 1. The van der Waals surface area contributed by atoms with Gasteiger partial charge >= 0.3 is 0 Å². The van der Waals surface area contributed by atoms with Crippen LogP contribution < -0.4 is 0 Å². The van der Waals surface area contributed by atoms with Crippen LogP contribution in [0.4, 0.5) is 0 Å². The third kappa shape index (κ3) is 2.57. The highest BCUT2D eigenvalue weighted by Gasteiger charge is 2.25. The van der Waals surface area contributed by atoms with Crippen LogP contribution in [0.3, 0.4) is 0 Å². The SMILES string of the molecule is O=C(c1ccc(-c2ccc(Cl)cc2)cc1)C1CCC1. The largest absolute Gasteiger partial charge is 0.294 e. The lowest BCUT2D eigenvalue weighted by Gasteiger charge is -2.23. The Morgan fingerprint density at radius 1 is 0.895 bits per heavy atom. The molecule has 1 aliphatic rings. The zero-order valence-corrected chi connectivity index (χ0v) is 11.4. The van der Waals surface area contributed by atoms with Gasteiger partial charge in [-0.2, -0.15) is 0 Å². The number of benzene rings is 2. The Kier molecular flexibility index (Phi) is 3.39. The lowest BCUT2D eigenvalue weighted by atomic mass is 9.80. The molecule has 2 aromatic rings. The summed E-state index contributed by atoms with van der Waals surface area (Å²) in [6.07, 6.45) is 3.30. The second-order valence-corrected chi connectivity index (χ2v) is 5.51. The molecule has 0 bridgehead atoms. The van der Waals surface area contributed by atoms with Crippen LogP contribution >= 0.6 is 11.6 Å². The summed E-state index contributed by atoms with van der Waals surface area (Å²) in [6, 6.07) is 15.6. The van der Waals surface area contributed by atoms with Crippen molar-refractivity contribution in [1.82, 2.24) is 0 Å². The topological polar surface area (TPSA) is 17.1 Å². The Morgan fingerprint density at radius 3 is 1.89 bits per heavy atom. The maximum atomic E-state index is 12.1. The molecule has 0 atom stereocenters. The van der Waals surface area contributed by atoms with Gasteiger partial charge in [0.05, 0.1) is 0 Å². The van der Waals surface area contributed by atoms with Crippen LogP contribution in [0, 0.1) is 5.92 Å². The van der Waals surface area contributed by atoms with Crippen molar-refractivity contribution in [3.63, 3.8) is 0 Å². The van der Waals surface area contributed by atoms with E-state index < -0.39 is 0 Å². The first-order valence-corrected chi connectivity index (χ1v) is 7.02. The minimum Gasteiger partial charge on any atom is -0.294 e. The van der Waals surface area contributed by atoms with Crippen LogP contribution in [-0.2, 0) is 0 Å². The molecule has 96 valence electrons. The molecule has 19 heavy (non-hydrogen) atoms. The van der Waals surface area contributed by atoms with Gasteiger partial charge in [-0.05, 0) is 36.1 Å².